The molecule has 9 nitrogen and oxygen atoms in total. The molecule has 3 heterocycles. The molecule has 2 atom stereocenters. The summed E-state index contributed by atoms with van der Waals surface area (Å²) in [6.07, 6.45) is -7.19. The van der Waals surface area contributed by atoms with Crippen LogP contribution in [-0.4, -0.2) is 108 Å². The molecule has 1 spiro atoms. The molecule has 0 amide bonds. The molecule has 2 fully saturated rings. The average Bonchev–Trinajstić information content (AvgIpc) is 3.29. The minimum Gasteiger partial charge on any atom is -0.475 e. The summed E-state index contributed by atoms with van der Waals surface area (Å²) in [5.74, 6) is -4.90. The van der Waals surface area contributed by atoms with E-state index < -0.39 is 24.3 Å². The van der Waals surface area contributed by atoms with Crippen LogP contribution < -0.4 is 0 Å². The van der Waals surface area contributed by atoms with Gasteiger partial charge in [-0.15, -0.1) is 11.3 Å². The smallest absolute Gasteiger partial charge is 0.475 e. The zero-order valence-electron chi connectivity index (χ0n) is 18.9. The van der Waals surface area contributed by atoms with Crippen molar-refractivity contribution in [3.05, 3.63) is 16.6 Å². The van der Waals surface area contributed by atoms with Crippen molar-refractivity contribution in [2.45, 2.75) is 30.9 Å². The fraction of sp³-hybridized carbons (Fsp3) is 0.737. The summed E-state index contributed by atoms with van der Waals surface area (Å²) in [7, 11) is 4.26. The highest BCUT2D eigenvalue weighted by molar-refractivity contribution is 7.09. The number of ether oxygens (including phenoxy) is 2. The van der Waals surface area contributed by atoms with E-state index in [1.54, 1.807) is 11.3 Å². The lowest BCUT2D eigenvalue weighted by Crippen LogP contribution is -2.44. The Morgan fingerprint density at radius 1 is 1.20 bits per heavy atom. The SMILES string of the molecule is CN(C)CC1COC2(COCCN(Cc3nccs3)C2)C1.O=C(O)C(F)(F)F.O=C(O)C(F)(F)F. The molecule has 202 valence electrons. The van der Waals surface area contributed by atoms with Gasteiger partial charge in [-0.3, -0.25) is 4.90 Å². The third-order valence-corrected chi connectivity index (χ3v) is 5.43. The Labute approximate surface area is 201 Å². The quantitative estimate of drug-likeness (QED) is 0.558. The number of thiazole rings is 1. The van der Waals surface area contributed by atoms with E-state index in [4.69, 9.17) is 29.3 Å². The number of carbonyl (C=O) groups is 2. The topological polar surface area (TPSA) is 112 Å². The highest BCUT2D eigenvalue weighted by atomic mass is 32.1. The van der Waals surface area contributed by atoms with Crippen LogP contribution in [0.25, 0.3) is 0 Å². The number of hydrogen-bond acceptors (Lipinski definition) is 8. The number of rotatable bonds is 4. The Balaban J connectivity index is 0.000000362. The summed E-state index contributed by atoms with van der Waals surface area (Å²) in [6.45, 7) is 6.28. The van der Waals surface area contributed by atoms with Crippen LogP contribution in [0.3, 0.4) is 0 Å². The lowest BCUT2D eigenvalue weighted by Gasteiger charge is -2.30. The lowest BCUT2D eigenvalue weighted by molar-refractivity contribution is -0.193. The van der Waals surface area contributed by atoms with Gasteiger partial charge in [-0.2, -0.15) is 26.3 Å². The van der Waals surface area contributed by atoms with Crippen LogP contribution in [0.2, 0.25) is 0 Å². The molecular formula is C19H27F6N3O6S. The number of aliphatic carboxylic acids is 2. The summed E-state index contributed by atoms with van der Waals surface area (Å²) in [5, 5.41) is 17.5. The van der Waals surface area contributed by atoms with Gasteiger partial charge >= 0.3 is 24.3 Å². The van der Waals surface area contributed by atoms with E-state index >= 15 is 0 Å². The molecule has 2 unspecified atom stereocenters. The van der Waals surface area contributed by atoms with E-state index in [-0.39, 0.29) is 5.60 Å². The summed E-state index contributed by atoms with van der Waals surface area (Å²) in [4.78, 5) is 26.9. The number of nitrogens with zero attached hydrogens (tertiary/aromatic N) is 3. The van der Waals surface area contributed by atoms with E-state index in [0.29, 0.717) is 5.92 Å². The number of alkyl halides is 6. The molecule has 1 aromatic rings. The van der Waals surface area contributed by atoms with Crippen LogP contribution in [0.1, 0.15) is 11.4 Å². The van der Waals surface area contributed by atoms with E-state index in [1.807, 2.05) is 11.6 Å². The summed E-state index contributed by atoms with van der Waals surface area (Å²) >= 11 is 1.72. The van der Waals surface area contributed by atoms with Crippen molar-refractivity contribution >= 4 is 23.3 Å². The van der Waals surface area contributed by atoms with Crippen molar-refractivity contribution in [2.75, 3.05) is 53.6 Å². The van der Waals surface area contributed by atoms with Gasteiger partial charge < -0.3 is 24.6 Å². The van der Waals surface area contributed by atoms with Gasteiger partial charge in [0.2, 0.25) is 0 Å². The minimum absolute atomic E-state index is 0.117. The second kappa shape index (κ2) is 13.3. The van der Waals surface area contributed by atoms with Gasteiger partial charge in [-0.05, 0) is 26.4 Å². The molecular weight excluding hydrogens is 512 g/mol. The predicted molar refractivity (Wildman–Crippen MR) is 111 cm³/mol. The fourth-order valence-corrected chi connectivity index (χ4v) is 4.08. The minimum atomic E-state index is -5.08. The normalized spacial score (nSPS) is 23.2. The van der Waals surface area contributed by atoms with Crippen molar-refractivity contribution in [2.24, 2.45) is 5.92 Å². The molecule has 2 N–H and O–H groups in total. The van der Waals surface area contributed by atoms with Crippen LogP contribution >= 0.6 is 11.3 Å². The van der Waals surface area contributed by atoms with E-state index in [9.17, 15) is 26.3 Å². The van der Waals surface area contributed by atoms with Crippen molar-refractivity contribution < 1.29 is 55.6 Å². The van der Waals surface area contributed by atoms with Crippen molar-refractivity contribution in [1.29, 1.82) is 0 Å². The Hall–Kier alpha value is -2.01. The van der Waals surface area contributed by atoms with Crippen LogP contribution in [0.5, 0.6) is 0 Å². The number of carboxylic acids is 2. The number of halogens is 6. The molecule has 0 radical (unpaired) electrons. The molecule has 35 heavy (non-hydrogen) atoms. The zero-order chi connectivity index (χ0) is 26.9. The lowest BCUT2D eigenvalue weighted by atomic mass is 9.94. The van der Waals surface area contributed by atoms with E-state index in [0.717, 1.165) is 52.4 Å². The molecule has 2 aliphatic heterocycles. The van der Waals surface area contributed by atoms with E-state index in [2.05, 4.69) is 28.9 Å². The molecule has 16 heteroatoms. The van der Waals surface area contributed by atoms with Crippen LogP contribution in [-0.2, 0) is 25.6 Å². The maximum atomic E-state index is 10.6. The molecule has 0 aliphatic carbocycles. The van der Waals surface area contributed by atoms with Gasteiger partial charge in [-0.1, -0.05) is 0 Å². The largest absolute Gasteiger partial charge is 0.490 e. The standard InChI is InChI=1S/C15H25N3O2S.2C2HF3O2/c1-17(2)8-13-7-15(20-10-13)11-18(4-5-19-12-15)9-14-16-3-6-21-14;2*3-2(4,5)1(6)7/h3,6,13H,4-5,7-12H2,1-2H3;2*(H,6,7). The van der Waals surface area contributed by atoms with Gasteiger partial charge in [0.25, 0.3) is 0 Å². The first kappa shape index (κ1) is 31.0. The molecule has 0 bridgehead atoms. The Bertz CT molecular complexity index is 769. The Kier molecular flexibility index (Phi) is 11.8. The molecule has 3 rings (SSSR count). The summed E-state index contributed by atoms with van der Waals surface area (Å²) in [6, 6.07) is 0. The molecule has 0 saturated carbocycles. The van der Waals surface area contributed by atoms with Gasteiger partial charge in [0.1, 0.15) is 10.6 Å². The maximum Gasteiger partial charge on any atom is 0.490 e. The number of aromatic nitrogens is 1. The highest BCUT2D eigenvalue weighted by Gasteiger charge is 2.43. The first-order valence-electron chi connectivity index (χ1n) is 10.1. The van der Waals surface area contributed by atoms with Crippen molar-refractivity contribution in [3.8, 4) is 0 Å². The zero-order valence-corrected chi connectivity index (χ0v) is 19.8. The molecule has 2 aliphatic rings. The molecule has 0 aromatic carbocycles. The van der Waals surface area contributed by atoms with Gasteiger partial charge in [0, 0.05) is 31.2 Å². The van der Waals surface area contributed by atoms with E-state index in [1.165, 1.54) is 5.01 Å². The van der Waals surface area contributed by atoms with Gasteiger partial charge in [0.05, 0.1) is 26.4 Å². The van der Waals surface area contributed by atoms with Gasteiger partial charge in [-0.25, -0.2) is 14.6 Å². The van der Waals surface area contributed by atoms with Crippen LogP contribution in [0.4, 0.5) is 26.3 Å². The highest BCUT2D eigenvalue weighted by Crippen LogP contribution is 2.33. The third kappa shape index (κ3) is 12.0. The summed E-state index contributed by atoms with van der Waals surface area (Å²) in [5.41, 5.74) is -0.117. The number of carboxylic acid groups (broad SMARTS) is 2. The van der Waals surface area contributed by atoms with Gasteiger partial charge in [0.15, 0.2) is 0 Å². The second-order valence-corrected chi connectivity index (χ2v) is 9.10. The summed E-state index contributed by atoms with van der Waals surface area (Å²) < 4.78 is 75.5. The van der Waals surface area contributed by atoms with Crippen LogP contribution in [0, 0.1) is 5.92 Å². The molecule has 1 aromatic heterocycles. The Morgan fingerprint density at radius 3 is 2.23 bits per heavy atom. The monoisotopic (exact) mass is 539 g/mol. The fourth-order valence-electron chi connectivity index (χ4n) is 3.42. The van der Waals surface area contributed by atoms with Crippen molar-refractivity contribution in [3.63, 3.8) is 0 Å². The van der Waals surface area contributed by atoms with Crippen molar-refractivity contribution in [1.82, 2.24) is 14.8 Å². The first-order valence-corrected chi connectivity index (χ1v) is 11.0. The predicted octanol–water partition coefficient (Wildman–Crippen LogP) is 2.58. The third-order valence-electron chi connectivity index (χ3n) is 4.67. The molecule has 2 saturated heterocycles. The maximum absolute atomic E-state index is 10.6. The van der Waals surface area contributed by atoms with Crippen LogP contribution in [0.15, 0.2) is 11.6 Å². The Morgan fingerprint density at radius 2 is 1.77 bits per heavy atom. The average molecular weight is 539 g/mol. The second-order valence-electron chi connectivity index (χ2n) is 8.12. The number of hydrogen-bond donors (Lipinski definition) is 2. The first-order chi connectivity index (χ1) is 16.0.